The van der Waals surface area contributed by atoms with Crippen LogP contribution in [0.2, 0.25) is 0 Å². The first kappa shape index (κ1) is 11.2. The molecule has 17 heavy (non-hydrogen) atoms. The fourth-order valence-corrected chi connectivity index (χ4v) is 1.46. The molecule has 0 bridgehead atoms. The second-order valence-corrected chi connectivity index (χ2v) is 3.62. The lowest BCUT2D eigenvalue weighted by Crippen LogP contribution is -2.16. The molecule has 0 aliphatic carbocycles. The normalized spacial score (nSPS) is 10.2. The summed E-state index contributed by atoms with van der Waals surface area (Å²) in [4.78, 5) is 16.5. The Hall–Kier alpha value is -2.30. The molecule has 0 fully saturated rings. The van der Waals surface area contributed by atoms with Gasteiger partial charge in [-0.2, -0.15) is 0 Å². The lowest BCUT2D eigenvalue weighted by molar-refractivity contribution is 0.0660. The van der Waals surface area contributed by atoms with Crippen LogP contribution in [0.15, 0.2) is 40.9 Å². The number of anilines is 1. The predicted octanol–water partition coefficient (Wildman–Crippen LogP) is 2.01. The topological polar surface area (TPSA) is 66.6 Å². The van der Waals surface area contributed by atoms with Gasteiger partial charge in [-0.05, 0) is 12.1 Å². The molecule has 1 N–H and O–H groups in total. The summed E-state index contributed by atoms with van der Waals surface area (Å²) >= 11 is 0. The van der Waals surface area contributed by atoms with E-state index in [-0.39, 0.29) is 5.76 Å². The summed E-state index contributed by atoms with van der Waals surface area (Å²) in [6.45, 7) is 0.428. The van der Waals surface area contributed by atoms with Crippen LogP contribution in [0.5, 0.6) is 0 Å². The van der Waals surface area contributed by atoms with E-state index in [9.17, 15) is 4.79 Å². The maximum absolute atomic E-state index is 10.6. The first-order valence-electron chi connectivity index (χ1n) is 5.11. The summed E-state index contributed by atoms with van der Waals surface area (Å²) in [7, 11) is 1.89. The summed E-state index contributed by atoms with van der Waals surface area (Å²) in [5, 5.41) is 8.70. The average Bonchev–Trinajstić information content (AvgIpc) is 2.79. The van der Waals surface area contributed by atoms with Crippen molar-refractivity contribution < 1.29 is 14.3 Å². The summed E-state index contributed by atoms with van der Waals surface area (Å²) in [6.07, 6.45) is 1.22. The highest BCUT2D eigenvalue weighted by atomic mass is 16.4. The van der Waals surface area contributed by atoms with E-state index in [0.717, 1.165) is 5.69 Å². The van der Waals surface area contributed by atoms with Crippen molar-refractivity contribution in [3.05, 3.63) is 48.2 Å². The van der Waals surface area contributed by atoms with Gasteiger partial charge >= 0.3 is 5.97 Å². The van der Waals surface area contributed by atoms with E-state index in [1.54, 1.807) is 0 Å². The molecule has 5 nitrogen and oxygen atoms in total. The highest BCUT2D eigenvalue weighted by Crippen LogP contribution is 2.14. The summed E-state index contributed by atoms with van der Waals surface area (Å²) in [6, 6.07) is 9.72. The quantitative estimate of drug-likeness (QED) is 0.873. The molecule has 0 saturated carbocycles. The predicted molar refractivity (Wildman–Crippen MR) is 62.0 cm³/mol. The van der Waals surface area contributed by atoms with Crippen LogP contribution >= 0.6 is 0 Å². The molecule has 1 heterocycles. The molecule has 0 spiro atoms. The Labute approximate surface area is 98.3 Å². The van der Waals surface area contributed by atoms with Crippen LogP contribution in [0.25, 0.3) is 0 Å². The van der Waals surface area contributed by atoms with Gasteiger partial charge in [-0.15, -0.1) is 0 Å². The van der Waals surface area contributed by atoms with Crippen LogP contribution in [0.3, 0.4) is 0 Å². The van der Waals surface area contributed by atoms with Crippen LogP contribution in [0, 0.1) is 0 Å². The summed E-state index contributed by atoms with van der Waals surface area (Å²) in [5.74, 6) is -0.860. The Morgan fingerprint density at radius 1 is 1.41 bits per heavy atom. The highest BCUT2D eigenvalue weighted by molar-refractivity contribution is 5.83. The molecule has 5 heteroatoms. The SMILES string of the molecule is CN(Cc1ncc(C(=O)O)o1)c1ccccc1. The van der Waals surface area contributed by atoms with Crippen molar-refractivity contribution in [2.24, 2.45) is 0 Å². The lowest BCUT2D eigenvalue weighted by atomic mass is 10.3. The molecule has 0 unspecified atom stereocenters. The minimum atomic E-state index is -1.11. The molecule has 1 aromatic carbocycles. The number of carbonyl (C=O) groups is 1. The second-order valence-electron chi connectivity index (χ2n) is 3.62. The molecule has 1 aromatic heterocycles. The monoisotopic (exact) mass is 232 g/mol. The molecule has 0 amide bonds. The third-order valence-electron chi connectivity index (χ3n) is 2.33. The minimum absolute atomic E-state index is 0.138. The molecule has 0 atom stereocenters. The van der Waals surface area contributed by atoms with Crippen LogP contribution in [0.4, 0.5) is 5.69 Å². The first-order chi connectivity index (χ1) is 8.16. The number of aromatic carboxylic acids is 1. The van der Waals surface area contributed by atoms with Crippen molar-refractivity contribution in [1.82, 2.24) is 4.98 Å². The standard InChI is InChI=1S/C12H12N2O3/c1-14(9-5-3-2-4-6-9)8-11-13-7-10(17-11)12(15)16/h2-7H,8H2,1H3,(H,15,16). The molecule has 0 saturated heterocycles. The largest absolute Gasteiger partial charge is 0.475 e. The van der Waals surface area contributed by atoms with Crippen LogP contribution < -0.4 is 4.90 Å². The number of oxazole rings is 1. The maximum atomic E-state index is 10.6. The summed E-state index contributed by atoms with van der Waals surface area (Å²) in [5.41, 5.74) is 1.02. The van der Waals surface area contributed by atoms with Gasteiger partial charge in [-0.1, -0.05) is 18.2 Å². The van der Waals surface area contributed by atoms with E-state index in [0.29, 0.717) is 12.4 Å². The number of para-hydroxylation sites is 1. The van der Waals surface area contributed by atoms with E-state index >= 15 is 0 Å². The number of hydrogen-bond acceptors (Lipinski definition) is 4. The van der Waals surface area contributed by atoms with Crippen molar-refractivity contribution in [3.63, 3.8) is 0 Å². The van der Waals surface area contributed by atoms with E-state index in [1.807, 2.05) is 42.3 Å². The Morgan fingerprint density at radius 2 is 2.12 bits per heavy atom. The summed E-state index contributed by atoms with van der Waals surface area (Å²) < 4.78 is 5.08. The first-order valence-corrected chi connectivity index (χ1v) is 5.11. The van der Waals surface area contributed by atoms with Crippen LogP contribution in [-0.2, 0) is 6.54 Å². The number of hydrogen-bond donors (Lipinski definition) is 1. The van der Waals surface area contributed by atoms with Crippen molar-refractivity contribution in [3.8, 4) is 0 Å². The Balaban J connectivity index is 2.08. The maximum Gasteiger partial charge on any atom is 0.373 e. The highest BCUT2D eigenvalue weighted by Gasteiger charge is 2.12. The van der Waals surface area contributed by atoms with Crippen LogP contribution in [-0.4, -0.2) is 23.1 Å². The minimum Gasteiger partial charge on any atom is -0.475 e. The van der Waals surface area contributed by atoms with E-state index in [2.05, 4.69) is 4.98 Å². The van der Waals surface area contributed by atoms with Gasteiger partial charge in [0.1, 0.15) is 0 Å². The van der Waals surface area contributed by atoms with E-state index in [1.165, 1.54) is 6.20 Å². The van der Waals surface area contributed by atoms with Crippen molar-refractivity contribution >= 4 is 11.7 Å². The smallest absolute Gasteiger partial charge is 0.373 e. The van der Waals surface area contributed by atoms with Gasteiger partial charge in [-0.3, -0.25) is 0 Å². The zero-order chi connectivity index (χ0) is 12.3. The van der Waals surface area contributed by atoms with Crippen molar-refractivity contribution in [2.75, 3.05) is 11.9 Å². The molecule has 0 aliphatic rings. The molecular formula is C12H12N2O3. The molecule has 0 radical (unpaired) electrons. The van der Waals surface area contributed by atoms with E-state index in [4.69, 9.17) is 9.52 Å². The fourth-order valence-electron chi connectivity index (χ4n) is 1.46. The Kier molecular flexibility index (Phi) is 3.09. The fraction of sp³-hybridized carbons (Fsp3) is 0.167. The number of aromatic nitrogens is 1. The van der Waals surface area contributed by atoms with Crippen molar-refractivity contribution in [1.29, 1.82) is 0 Å². The van der Waals surface area contributed by atoms with Crippen LogP contribution in [0.1, 0.15) is 16.4 Å². The van der Waals surface area contributed by atoms with Gasteiger partial charge in [0, 0.05) is 12.7 Å². The third kappa shape index (κ3) is 2.63. The van der Waals surface area contributed by atoms with Gasteiger partial charge in [0.2, 0.25) is 11.7 Å². The third-order valence-corrected chi connectivity index (χ3v) is 2.33. The molecular weight excluding hydrogens is 220 g/mol. The van der Waals surface area contributed by atoms with Gasteiger partial charge in [0.25, 0.3) is 0 Å². The van der Waals surface area contributed by atoms with Gasteiger partial charge in [0.15, 0.2) is 0 Å². The molecule has 2 rings (SSSR count). The van der Waals surface area contributed by atoms with Gasteiger partial charge in [-0.25, -0.2) is 9.78 Å². The van der Waals surface area contributed by atoms with Gasteiger partial charge in [0.05, 0.1) is 12.7 Å². The molecule has 88 valence electrons. The number of carboxylic acid groups (broad SMARTS) is 1. The molecule has 2 aromatic rings. The zero-order valence-corrected chi connectivity index (χ0v) is 9.33. The van der Waals surface area contributed by atoms with Crippen molar-refractivity contribution in [2.45, 2.75) is 6.54 Å². The zero-order valence-electron chi connectivity index (χ0n) is 9.33. The second kappa shape index (κ2) is 4.69. The number of nitrogens with zero attached hydrogens (tertiary/aromatic N) is 2. The number of carboxylic acids is 1. The number of benzene rings is 1. The Morgan fingerprint density at radius 3 is 2.71 bits per heavy atom. The Bertz CT molecular complexity index is 507. The average molecular weight is 232 g/mol. The van der Waals surface area contributed by atoms with Gasteiger partial charge < -0.3 is 14.4 Å². The van der Waals surface area contributed by atoms with E-state index < -0.39 is 5.97 Å². The molecule has 0 aliphatic heterocycles. The lowest BCUT2D eigenvalue weighted by Gasteiger charge is -2.16. The number of rotatable bonds is 4.